The third-order valence-corrected chi connectivity index (χ3v) is 2.38. The Hall–Kier alpha value is -1.49. The van der Waals surface area contributed by atoms with E-state index in [1.54, 1.807) is 0 Å². The zero-order chi connectivity index (χ0) is 12.3. The van der Waals surface area contributed by atoms with E-state index < -0.39 is 17.9 Å². The number of esters is 1. The summed E-state index contributed by atoms with van der Waals surface area (Å²) in [5.74, 6) is -0.512. The van der Waals surface area contributed by atoms with E-state index in [-0.39, 0.29) is 5.56 Å². The molecule has 0 fully saturated rings. The third-order valence-electron chi connectivity index (χ3n) is 2.38. The van der Waals surface area contributed by atoms with Gasteiger partial charge in [0.1, 0.15) is 0 Å². The molecule has 0 spiro atoms. The number of nitrogens with two attached hydrogens (primary N) is 1. The minimum atomic E-state index is -2.67. The van der Waals surface area contributed by atoms with Gasteiger partial charge < -0.3 is 10.5 Å². The normalized spacial score (nSPS) is 14.6. The van der Waals surface area contributed by atoms with Crippen LogP contribution in [-0.4, -0.2) is 19.5 Å². The van der Waals surface area contributed by atoms with Crippen molar-refractivity contribution in [2.24, 2.45) is 5.73 Å². The highest BCUT2D eigenvalue weighted by molar-refractivity contribution is 5.89. The fraction of sp³-hybridized carbons (Fsp3) is 0.364. The minimum Gasteiger partial charge on any atom is -0.465 e. The van der Waals surface area contributed by atoms with Crippen LogP contribution < -0.4 is 5.73 Å². The molecule has 0 aliphatic rings. The van der Waals surface area contributed by atoms with Crippen molar-refractivity contribution in [1.29, 1.82) is 0 Å². The molecule has 2 N–H and O–H groups in total. The van der Waals surface area contributed by atoms with Crippen LogP contribution in [-0.2, 0) is 10.3 Å². The average molecular weight is 229 g/mol. The van der Waals surface area contributed by atoms with Crippen molar-refractivity contribution in [3.63, 3.8) is 0 Å². The van der Waals surface area contributed by atoms with Crippen molar-refractivity contribution in [2.45, 2.75) is 18.9 Å². The lowest BCUT2D eigenvalue weighted by atomic mass is 9.93. The van der Waals surface area contributed by atoms with Crippen molar-refractivity contribution < 1.29 is 18.3 Å². The quantitative estimate of drug-likeness (QED) is 0.805. The molecule has 0 amide bonds. The lowest BCUT2D eigenvalue weighted by Crippen LogP contribution is -2.40. The Morgan fingerprint density at radius 1 is 1.38 bits per heavy atom. The van der Waals surface area contributed by atoms with Crippen LogP contribution in [0.2, 0.25) is 0 Å². The Bertz CT molecular complexity index is 374. The number of hydrogen-bond acceptors (Lipinski definition) is 3. The molecule has 1 unspecified atom stereocenters. The highest BCUT2D eigenvalue weighted by atomic mass is 19.3. The first-order valence-corrected chi connectivity index (χ1v) is 4.65. The Morgan fingerprint density at radius 3 is 2.25 bits per heavy atom. The van der Waals surface area contributed by atoms with Crippen LogP contribution in [0.1, 0.15) is 22.8 Å². The van der Waals surface area contributed by atoms with Crippen molar-refractivity contribution in [3.05, 3.63) is 35.4 Å². The number of alkyl halides is 2. The zero-order valence-electron chi connectivity index (χ0n) is 9.04. The monoisotopic (exact) mass is 229 g/mol. The first-order valence-electron chi connectivity index (χ1n) is 4.65. The van der Waals surface area contributed by atoms with Gasteiger partial charge in [-0.1, -0.05) is 12.1 Å². The number of ether oxygens (including phenoxy) is 1. The summed E-state index contributed by atoms with van der Waals surface area (Å²) >= 11 is 0. The number of methoxy groups -OCH3 is 1. The first kappa shape index (κ1) is 12.6. The molecule has 1 aromatic carbocycles. The maximum absolute atomic E-state index is 12.6. The predicted molar refractivity (Wildman–Crippen MR) is 55.3 cm³/mol. The molecular formula is C11H13F2NO2. The van der Waals surface area contributed by atoms with Gasteiger partial charge in [-0.25, -0.2) is 13.6 Å². The minimum absolute atomic E-state index is 0.273. The van der Waals surface area contributed by atoms with Crippen molar-refractivity contribution in [2.75, 3.05) is 7.11 Å². The molecule has 16 heavy (non-hydrogen) atoms. The summed E-state index contributed by atoms with van der Waals surface area (Å²) < 4.78 is 29.7. The second kappa shape index (κ2) is 4.57. The molecule has 1 rings (SSSR count). The molecule has 5 heteroatoms. The number of halogens is 2. The molecule has 88 valence electrons. The fourth-order valence-electron chi connectivity index (χ4n) is 1.21. The van der Waals surface area contributed by atoms with Gasteiger partial charge in [-0.05, 0) is 24.6 Å². The largest absolute Gasteiger partial charge is 0.465 e. The molecule has 0 radical (unpaired) electrons. The molecule has 0 saturated carbocycles. The zero-order valence-corrected chi connectivity index (χ0v) is 9.04. The van der Waals surface area contributed by atoms with E-state index in [0.29, 0.717) is 5.56 Å². The summed E-state index contributed by atoms with van der Waals surface area (Å²) in [5, 5.41) is 0. The lowest BCUT2D eigenvalue weighted by Gasteiger charge is -2.24. The summed E-state index contributed by atoms with van der Waals surface area (Å²) in [6.45, 7) is 1.24. The van der Waals surface area contributed by atoms with E-state index in [4.69, 9.17) is 5.73 Å². The standard InChI is InChI=1S/C11H13F2NO2/c1-11(14,10(12)13)8-5-3-7(4-6-8)9(15)16-2/h3-6,10H,14H2,1-2H3. The van der Waals surface area contributed by atoms with Crippen LogP contribution in [0.25, 0.3) is 0 Å². The van der Waals surface area contributed by atoms with E-state index in [0.717, 1.165) is 0 Å². The van der Waals surface area contributed by atoms with Crippen LogP contribution in [0.15, 0.2) is 24.3 Å². The number of carbonyl (C=O) groups is 1. The summed E-state index contributed by atoms with van der Waals surface area (Å²) in [7, 11) is 1.25. The van der Waals surface area contributed by atoms with Gasteiger partial charge in [0.15, 0.2) is 0 Å². The molecule has 0 aliphatic carbocycles. The second-order valence-corrected chi connectivity index (χ2v) is 3.65. The molecule has 0 aliphatic heterocycles. The summed E-state index contributed by atoms with van der Waals surface area (Å²) in [6, 6.07) is 5.63. The third kappa shape index (κ3) is 2.36. The summed E-state index contributed by atoms with van der Waals surface area (Å²) in [6.07, 6.45) is -2.67. The van der Waals surface area contributed by atoms with Gasteiger partial charge in [0, 0.05) is 0 Å². The maximum atomic E-state index is 12.6. The van der Waals surface area contributed by atoms with Crippen LogP contribution in [0.4, 0.5) is 8.78 Å². The summed E-state index contributed by atoms with van der Waals surface area (Å²) in [4.78, 5) is 11.1. The molecule has 0 heterocycles. The fourth-order valence-corrected chi connectivity index (χ4v) is 1.21. The van der Waals surface area contributed by atoms with Gasteiger partial charge in [-0.2, -0.15) is 0 Å². The maximum Gasteiger partial charge on any atom is 0.337 e. The molecule has 0 bridgehead atoms. The van der Waals surface area contributed by atoms with E-state index >= 15 is 0 Å². The Morgan fingerprint density at radius 2 is 1.88 bits per heavy atom. The van der Waals surface area contributed by atoms with Gasteiger partial charge in [-0.3, -0.25) is 0 Å². The van der Waals surface area contributed by atoms with Crippen LogP contribution in [0.5, 0.6) is 0 Å². The van der Waals surface area contributed by atoms with E-state index in [1.807, 2.05) is 0 Å². The van der Waals surface area contributed by atoms with Crippen LogP contribution >= 0.6 is 0 Å². The number of benzene rings is 1. The first-order chi connectivity index (χ1) is 7.39. The number of rotatable bonds is 3. The topological polar surface area (TPSA) is 52.3 Å². The van der Waals surface area contributed by atoms with Gasteiger partial charge in [0.25, 0.3) is 6.43 Å². The molecular weight excluding hydrogens is 216 g/mol. The second-order valence-electron chi connectivity index (χ2n) is 3.65. The van der Waals surface area contributed by atoms with Gasteiger partial charge >= 0.3 is 5.97 Å². The Labute approximate surface area is 92.2 Å². The lowest BCUT2D eigenvalue weighted by molar-refractivity contribution is 0.0599. The molecule has 0 saturated heterocycles. The van der Waals surface area contributed by atoms with E-state index in [9.17, 15) is 13.6 Å². The smallest absolute Gasteiger partial charge is 0.337 e. The molecule has 1 aromatic rings. The van der Waals surface area contributed by atoms with E-state index in [2.05, 4.69) is 4.74 Å². The number of hydrogen-bond donors (Lipinski definition) is 1. The average Bonchev–Trinajstić information content (AvgIpc) is 2.28. The molecule has 3 nitrogen and oxygen atoms in total. The molecule has 0 aromatic heterocycles. The van der Waals surface area contributed by atoms with Gasteiger partial charge in [0.05, 0.1) is 18.2 Å². The Balaban J connectivity index is 2.99. The highest BCUT2D eigenvalue weighted by Gasteiger charge is 2.32. The van der Waals surface area contributed by atoms with Crippen molar-refractivity contribution in [1.82, 2.24) is 0 Å². The van der Waals surface area contributed by atoms with Gasteiger partial charge in [0.2, 0.25) is 0 Å². The Kier molecular flexibility index (Phi) is 3.59. The number of carbonyl (C=O) groups excluding carboxylic acids is 1. The van der Waals surface area contributed by atoms with Crippen LogP contribution in [0.3, 0.4) is 0 Å². The van der Waals surface area contributed by atoms with Gasteiger partial charge in [-0.15, -0.1) is 0 Å². The SMILES string of the molecule is COC(=O)c1ccc(C(C)(N)C(F)F)cc1. The highest BCUT2D eigenvalue weighted by Crippen LogP contribution is 2.25. The van der Waals surface area contributed by atoms with Crippen molar-refractivity contribution >= 4 is 5.97 Å². The van der Waals surface area contributed by atoms with E-state index in [1.165, 1.54) is 38.3 Å². The molecule has 1 atom stereocenters. The van der Waals surface area contributed by atoms with Crippen LogP contribution in [0, 0.1) is 0 Å². The summed E-state index contributed by atoms with van der Waals surface area (Å²) in [5.41, 5.74) is 4.34. The predicted octanol–water partition coefficient (Wildman–Crippen LogP) is 1.91. The van der Waals surface area contributed by atoms with Crippen molar-refractivity contribution in [3.8, 4) is 0 Å².